The summed E-state index contributed by atoms with van der Waals surface area (Å²) in [4.78, 5) is 23.9. The van der Waals surface area contributed by atoms with Crippen LogP contribution in [0.15, 0.2) is 96.5 Å². The van der Waals surface area contributed by atoms with Gasteiger partial charge in [-0.3, -0.25) is 9.97 Å². The average Bonchev–Trinajstić information content (AvgIpc) is 2.89. The van der Waals surface area contributed by atoms with Gasteiger partial charge in [0.05, 0.1) is 11.9 Å². The molecule has 178 valence electrons. The molecule has 7 nitrogen and oxygen atoms in total. The topological polar surface area (TPSA) is 93.1 Å². The smallest absolute Gasteiger partial charge is 0.261 e. The third-order valence-electron chi connectivity index (χ3n) is 5.53. The maximum atomic E-state index is 13.5. The molecule has 0 aliphatic carbocycles. The Morgan fingerprint density at radius 1 is 0.829 bits per heavy atom. The van der Waals surface area contributed by atoms with Crippen molar-refractivity contribution in [2.45, 2.75) is 37.9 Å². The second-order valence-electron chi connectivity index (χ2n) is 8.25. The van der Waals surface area contributed by atoms with Crippen LogP contribution in [-0.4, -0.2) is 33.5 Å². The Balaban J connectivity index is 1.61. The summed E-state index contributed by atoms with van der Waals surface area (Å²) >= 11 is 0. The molecule has 0 fully saturated rings. The predicted molar refractivity (Wildman–Crippen MR) is 134 cm³/mol. The first kappa shape index (κ1) is 24.4. The van der Waals surface area contributed by atoms with Crippen LogP contribution >= 0.6 is 0 Å². The molecule has 0 saturated carbocycles. The molecule has 0 aliphatic heterocycles. The van der Waals surface area contributed by atoms with E-state index in [4.69, 9.17) is 0 Å². The number of aromatic nitrogens is 3. The summed E-state index contributed by atoms with van der Waals surface area (Å²) in [5.41, 5.74) is 4.34. The van der Waals surface area contributed by atoms with Crippen molar-refractivity contribution in [2.24, 2.45) is 0 Å². The highest BCUT2D eigenvalue weighted by atomic mass is 32.2. The quantitative estimate of drug-likeness (QED) is 0.329. The van der Waals surface area contributed by atoms with Gasteiger partial charge in [0.2, 0.25) is 0 Å². The van der Waals surface area contributed by atoms with Crippen LogP contribution in [0.3, 0.4) is 0 Å². The van der Waals surface area contributed by atoms with Gasteiger partial charge in [0.15, 0.2) is 5.03 Å². The highest BCUT2D eigenvalue weighted by Crippen LogP contribution is 2.22. The third kappa shape index (κ3) is 6.44. The van der Waals surface area contributed by atoms with Crippen molar-refractivity contribution in [1.82, 2.24) is 19.3 Å². The van der Waals surface area contributed by atoms with Crippen LogP contribution in [0.5, 0.6) is 0 Å². The van der Waals surface area contributed by atoms with E-state index >= 15 is 0 Å². The van der Waals surface area contributed by atoms with Gasteiger partial charge in [0, 0.05) is 43.7 Å². The largest absolute Gasteiger partial charge is 0.300 e. The minimum atomic E-state index is -3.85. The molecule has 4 rings (SSSR count). The zero-order valence-electron chi connectivity index (χ0n) is 19.4. The van der Waals surface area contributed by atoms with E-state index in [-0.39, 0.29) is 23.9 Å². The minimum absolute atomic E-state index is 0.00362. The Hall–Kier alpha value is -3.75. The molecule has 0 saturated heterocycles. The van der Waals surface area contributed by atoms with Crippen molar-refractivity contribution >= 4 is 15.8 Å². The lowest BCUT2D eigenvalue weighted by molar-refractivity contribution is -0.116. The van der Waals surface area contributed by atoms with Gasteiger partial charge in [-0.1, -0.05) is 54.6 Å². The predicted octanol–water partition coefficient (Wildman–Crippen LogP) is 4.45. The van der Waals surface area contributed by atoms with Crippen molar-refractivity contribution in [3.8, 4) is 11.3 Å². The number of benzene rings is 2. The molecule has 4 aromatic rings. The number of hydrogen-bond acceptors (Lipinski definition) is 6. The number of pyridine rings is 1. The van der Waals surface area contributed by atoms with Gasteiger partial charge in [-0.05, 0) is 42.2 Å². The van der Waals surface area contributed by atoms with E-state index in [0.29, 0.717) is 12.8 Å². The molecule has 0 bridgehead atoms. The fourth-order valence-corrected chi connectivity index (χ4v) is 5.05. The van der Waals surface area contributed by atoms with Gasteiger partial charge in [0.1, 0.15) is 5.78 Å². The van der Waals surface area contributed by atoms with E-state index in [1.54, 1.807) is 37.6 Å². The van der Waals surface area contributed by atoms with Crippen molar-refractivity contribution in [1.29, 1.82) is 0 Å². The number of ketones is 1. The number of hydrogen-bond donors (Lipinski definition) is 0. The van der Waals surface area contributed by atoms with Crippen molar-refractivity contribution < 1.29 is 13.2 Å². The SMILES string of the molecule is CC(=O)CCc1cccc(CN(Cc2ccc(-c3cnccn3)cc2)S(=O)(=O)c2ccccn2)c1. The van der Waals surface area contributed by atoms with Crippen LogP contribution in [0.4, 0.5) is 0 Å². The molecule has 0 aliphatic rings. The molecular formula is C27H26N4O3S. The molecule has 2 aromatic heterocycles. The molecule has 0 radical (unpaired) electrons. The molecule has 0 spiro atoms. The number of carbonyl (C=O) groups excluding carboxylic acids is 1. The number of sulfonamides is 1. The Morgan fingerprint density at radius 3 is 2.29 bits per heavy atom. The van der Waals surface area contributed by atoms with E-state index in [0.717, 1.165) is 27.9 Å². The van der Waals surface area contributed by atoms with Crippen LogP contribution < -0.4 is 0 Å². The molecule has 35 heavy (non-hydrogen) atoms. The fraction of sp³-hybridized carbons (Fsp3) is 0.185. The first-order valence-corrected chi connectivity index (χ1v) is 12.7. The third-order valence-corrected chi connectivity index (χ3v) is 7.24. The second kappa shape index (κ2) is 11.1. The summed E-state index contributed by atoms with van der Waals surface area (Å²) in [6, 6.07) is 20.2. The lowest BCUT2D eigenvalue weighted by atomic mass is 10.0. The summed E-state index contributed by atoms with van der Waals surface area (Å²) in [6.45, 7) is 1.93. The number of Topliss-reactive ketones (excluding diaryl/α,β-unsaturated/α-hetero) is 1. The van der Waals surface area contributed by atoms with Gasteiger partial charge >= 0.3 is 0 Å². The molecule has 0 atom stereocenters. The number of aryl methyl sites for hydroxylation is 1. The molecule has 2 aromatic carbocycles. The van der Waals surface area contributed by atoms with Crippen LogP contribution in [-0.2, 0) is 34.3 Å². The van der Waals surface area contributed by atoms with Crippen LogP contribution in [0, 0.1) is 0 Å². The monoisotopic (exact) mass is 486 g/mol. The summed E-state index contributed by atoms with van der Waals surface area (Å²) in [5, 5.41) is 0.00362. The maximum Gasteiger partial charge on any atom is 0.261 e. The fourth-order valence-electron chi connectivity index (χ4n) is 3.70. The minimum Gasteiger partial charge on any atom is -0.300 e. The number of nitrogens with zero attached hydrogens (tertiary/aromatic N) is 4. The highest BCUT2D eigenvalue weighted by Gasteiger charge is 2.26. The molecule has 8 heteroatoms. The summed E-state index contributed by atoms with van der Waals surface area (Å²) in [7, 11) is -3.85. The normalized spacial score (nSPS) is 11.5. The van der Waals surface area contributed by atoms with Crippen LogP contribution in [0.25, 0.3) is 11.3 Å². The molecule has 0 N–H and O–H groups in total. The Labute approximate surface area is 205 Å². The zero-order valence-corrected chi connectivity index (χ0v) is 20.2. The van der Waals surface area contributed by atoms with Gasteiger partial charge < -0.3 is 4.79 Å². The lowest BCUT2D eigenvalue weighted by Crippen LogP contribution is -2.31. The van der Waals surface area contributed by atoms with E-state index in [1.807, 2.05) is 48.5 Å². The van der Waals surface area contributed by atoms with E-state index < -0.39 is 10.0 Å². The molecular weight excluding hydrogens is 460 g/mol. The standard InChI is InChI=1S/C27H26N4O3S/c1-21(32)8-9-22-5-4-6-24(17-22)20-31(35(33,34)27-7-2-3-14-30-27)19-23-10-12-25(13-11-23)26-18-28-15-16-29-26/h2-7,10-18H,8-9,19-20H2,1H3. The first-order valence-electron chi connectivity index (χ1n) is 11.3. The summed E-state index contributed by atoms with van der Waals surface area (Å²) in [6.07, 6.45) is 7.49. The van der Waals surface area contributed by atoms with E-state index in [9.17, 15) is 13.2 Å². The highest BCUT2D eigenvalue weighted by molar-refractivity contribution is 7.89. The van der Waals surface area contributed by atoms with Gasteiger partial charge in [-0.2, -0.15) is 4.31 Å². The Kier molecular flexibility index (Phi) is 7.74. The number of rotatable bonds is 10. The van der Waals surface area contributed by atoms with Gasteiger partial charge in [-0.25, -0.2) is 13.4 Å². The molecule has 2 heterocycles. The first-order chi connectivity index (χ1) is 16.9. The zero-order chi connectivity index (χ0) is 24.7. The van der Waals surface area contributed by atoms with Crippen LogP contribution in [0.1, 0.15) is 30.0 Å². The van der Waals surface area contributed by atoms with Gasteiger partial charge in [-0.15, -0.1) is 0 Å². The van der Waals surface area contributed by atoms with E-state index in [2.05, 4.69) is 15.0 Å². The van der Waals surface area contributed by atoms with Crippen molar-refractivity contribution in [2.75, 3.05) is 0 Å². The van der Waals surface area contributed by atoms with Gasteiger partial charge in [0.25, 0.3) is 10.0 Å². The number of carbonyl (C=O) groups is 1. The lowest BCUT2D eigenvalue weighted by Gasteiger charge is -2.22. The Bertz CT molecular complexity index is 1380. The average molecular weight is 487 g/mol. The summed E-state index contributed by atoms with van der Waals surface area (Å²) in [5.74, 6) is 0.125. The Morgan fingerprint density at radius 2 is 1.60 bits per heavy atom. The maximum absolute atomic E-state index is 13.5. The van der Waals surface area contributed by atoms with Crippen LogP contribution in [0.2, 0.25) is 0 Å². The van der Waals surface area contributed by atoms with Crippen molar-refractivity contribution in [3.63, 3.8) is 0 Å². The van der Waals surface area contributed by atoms with E-state index in [1.165, 1.54) is 16.6 Å². The molecule has 0 unspecified atom stereocenters. The summed E-state index contributed by atoms with van der Waals surface area (Å²) < 4.78 is 28.5. The molecule has 0 amide bonds. The second-order valence-corrected chi connectivity index (χ2v) is 10.1. The van der Waals surface area contributed by atoms with Crippen molar-refractivity contribution in [3.05, 3.63) is 108 Å².